The predicted molar refractivity (Wildman–Crippen MR) is 83.7 cm³/mol. The molecule has 2 aliphatic rings. The van der Waals surface area contributed by atoms with Crippen molar-refractivity contribution in [2.45, 2.75) is 11.8 Å². The Morgan fingerprint density at radius 2 is 1.48 bits per heavy atom. The van der Waals surface area contributed by atoms with Crippen molar-refractivity contribution in [1.82, 2.24) is 9.80 Å². The molecule has 0 saturated carbocycles. The molecule has 1 N–H and O–H groups in total. The number of halogens is 4. The van der Waals surface area contributed by atoms with Crippen molar-refractivity contribution in [1.29, 1.82) is 0 Å². The number of alkyl halides is 4. The maximum absolute atomic E-state index is 13.1. The average Bonchev–Trinajstić information content (AvgIpc) is 2.68. The van der Waals surface area contributed by atoms with Crippen LogP contribution in [0.3, 0.4) is 0 Å². The van der Waals surface area contributed by atoms with E-state index in [9.17, 15) is 27.2 Å². The largest absolute Gasteiger partial charge is 0.464 e. The van der Waals surface area contributed by atoms with Crippen LogP contribution < -0.4 is 0 Å². The maximum atomic E-state index is 13.1. The lowest BCUT2D eigenvalue weighted by Gasteiger charge is -2.29. The molecular formula is C15H24F4N2O6. The van der Waals surface area contributed by atoms with Crippen LogP contribution in [0.25, 0.3) is 0 Å². The Morgan fingerprint density at radius 3 is 1.93 bits per heavy atom. The van der Waals surface area contributed by atoms with Gasteiger partial charge in [0.1, 0.15) is 6.61 Å². The van der Waals surface area contributed by atoms with E-state index in [2.05, 4.69) is 4.74 Å². The number of methoxy groups -OCH3 is 1. The average molecular weight is 404 g/mol. The van der Waals surface area contributed by atoms with Gasteiger partial charge in [0.15, 0.2) is 0 Å². The van der Waals surface area contributed by atoms with Crippen molar-refractivity contribution >= 4 is 11.9 Å². The van der Waals surface area contributed by atoms with Crippen LogP contribution in [0.2, 0.25) is 0 Å². The lowest BCUT2D eigenvalue weighted by atomic mass is 10.2. The van der Waals surface area contributed by atoms with Crippen molar-refractivity contribution in [2.75, 3.05) is 72.9 Å². The number of carbonyl (C=O) groups excluding carboxylic acids is 2. The number of morpholine rings is 2. The first-order valence-corrected chi connectivity index (χ1v) is 8.26. The zero-order chi connectivity index (χ0) is 20.5. The van der Waals surface area contributed by atoms with Crippen LogP contribution >= 0.6 is 0 Å². The van der Waals surface area contributed by atoms with Crippen molar-refractivity contribution in [3.63, 3.8) is 0 Å². The fourth-order valence-electron chi connectivity index (χ4n) is 2.32. The highest BCUT2D eigenvalue weighted by Gasteiger charge is 2.51. The number of aliphatic hydroxyl groups is 1. The molecular weight excluding hydrogens is 380 g/mol. The summed E-state index contributed by atoms with van der Waals surface area (Å²) in [5.74, 6) is -10.4. The van der Waals surface area contributed by atoms with Crippen LogP contribution in [0.5, 0.6) is 0 Å². The third-order valence-corrected chi connectivity index (χ3v) is 3.80. The fourth-order valence-corrected chi connectivity index (χ4v) is 2.32. The van der Waals surface area contributed by atoms with Gasteiger partial charge in [-0.15, -0.1) is 0 Å². The van der Waals surface area contributed by atoms with E-state index in [1.807, 2.05) is 0 Å². The molecule has 12 heteroatoms. The van der Waals surface area contributed by atoms with Gasteiger partial charge >= 0.3 is 17.8 Å². The van der Waals surface area contributed by atoms with Gasteiger partial charge in [0.25, 0.3) is 5.92 Å². The van der Waals surface area contributed by atoms with Crippen molar-refractivity contribution in [2.24, 2.45) is 0 Å². The van der Waals surface area contributed by atoms with Gasteiger partial charge in [0.05, 0.1) is 40.1 Å². The molecule has 2 fully saturated rings. The number of ether oxygens (including phenoxy) is 3. The van der Waals surface area contributed by atoms with Crippen LogP contribution in [-0.4, -0.2) is 111 Å². The normalized spacial score (nSPS) is 19.1. The van der Waals surface area contributed by atoms with E-state index in [1.54, 1.807) is 4.90 Å². The van der Waals surface area contributed by atoms with E-state index >= 15 is 0 Å². The second-order valence-electron chi connectivity index (χ2n) is 5.87. The minimum atomic E-state index is -4.11. The number of carbonyl (C=O) groups is 2. The zero-order valence-electron chi connectivity index (χ0n) is 15.0. The summed E-state index contributed by atoms with van der Waals surface area (Å²) in [5, 5.41) is 8.32. The van der Waals surface area contributed by atoms with E-state index in [-0.39, 0.29) is 32.8 Å². The number of nitrogens with zero attached hydrogens (tertiary/aromatic N) is 2. The first kappa shape index (κ1) is 23.5. The number of aliphatic hydroxyl groups excluding tert-OH is 1. The quantitative estimate of drug-likeness (QED) is 0.379. The van der Waals surface area contributed by atoms with E-state index in [0.29, 0.717) is 26.3 Å². The third kappa shape index (κ3) is 7.56. The molecule has 0 bridgehead atoms. The topological polar surface area (TPSA) is 88.5 Å². The van der Waals surface area contributed by atoms with Gasteiger partial charge in [-0.3, -0.25) is 9.69 Å². The SMILES string of the molecule is COC(=O)C(F)(F)C(=O)N1CCOCC1.OCC(F)(F)CN1CCOCC1. The van der Waals surface area contributed by atoms with Gasteiger partial charge in [-0.2, -0.15) is 8.78 Å². The van der Waals surface area contributed by atoms with E-state index < -0.39 is 30.3 Å². The summed E-state index contributed by atoms with van der Waals surface area (Å²) in [5.41, 5.74) is 0. The van der Waals surface area contributed by atoms with Crippen LogP contribution in [0, 0.1) is 0 Å². The molecule has 0 unspecified atom stereocenters. The van der Waals surface area contributed by atoms with Crippen molar-refractivity contribution in [3.05, 3.63) is 0 Å². The molecule has 0 aromatic carbocycles. The van der Waals surface area contributed by atoms with Gasteiger partial charge in [-0.1, -0.05) is 0 Å². The van der Waals surface area contributed by atoms with Crippen LogP contribution in [0.1, 0.15) is 0 Å². The lowest BCUT2D eigenvalue weighted by molar-refractivity contribution is -0.182. The smallest absolute Gasteiger partial charge is 0.419 e. The molecule has 2 saturated heterocycles. The molecule has 0 aromatic rings. The monoisotopic (exact) mass is 404 g/mol. The standard InChI is InChI=1S/C8H11F2NO4.C7H13F2NO2/c1-14-7(13)8(9,10)6(12)11-2-4-15-5-3-11;8-7(9,6-11)5-10-1-3-12-4-2-10/h2-5H2,1H3;11H,1-6H2. The number of rotatable bonds is 5. The first-order valence-electron chi connectivity index (χ1n) is 8.26. The first-order chi connectivity index (χ1) is 12.6. The van der Waals surface area contributed by atoms with Gasteiger partial charge in [-0.25, -0.2) is 13.6 Å². The summed E-state index contributed by atoms with van der Waals surface area (Å²) in [7, 11) is 0.808. The minimum Gasteiger partial charge on any atom is -0.464 e. The number of hydrogen-bond donors (Lipinski definition) is 1. The highest BCUT2D eigenvalue weighted by Crippen LogP contribution is 2.19. The molecule has 2 heterocycles. The Morgan fingerprint density at radius 1 is 1.00 bits per heavy atom. The molecule has 8 nitrogen and oxygen atoms in total. The molecule has 27 heavy (non-hydrogen) atoms. The molecule has 0 aromatic heterocycles. The Labute approximate surface area is 153 Å². The molecule has 0 aliphatic carbocycles. The summed E-state index contributed by atoms with van der Waals surface area (Å²) in [6.07, 6.45) is 0. The Hall–Kier alpha value is -1.50. The minimum absolute atomic E-state index is 0.0609. The maximum Gasteiger partial charge on any atom is 0.419 e. The van der Waals surface area contributed by atoms with Gasteiger partial charge in [0.2, 0.25) is 0 Å². The van der Waals surface area contributed by atoms with Gasteiger partial charge < -0.3 is 24.2 Å². The van der Waals surface area contributed by atoms with E-state index in [0.717, 1.165) is 12.0 Å². The van der Waals surface area contributed by atoms with Crippen molar-refractivity contribution < 1.29 is 46.5 Å². The summed E-state index contributed by atoms with van der Waals surface area (Å²) >= 11 is 0. The molecule has 0 spiro atoms. The Bertz CT molecular complexity index is 483. The molecule has 2 aliphatic heterocycles. The summed E-state index contributed by atoms with van der Waals surface area (Å²) < 4.78 is 65.1. The Kier molecular flexibility index (Phi) is 9.36. The Balaban J connectivity index is 0.000000277. The van der Waals surface area contributed by atoms with Crippen LogP contribution in [0.4, 0.5) is 17.6 Å². The predicted octanol–water partition coefficient (Wildman–Crippen LogP) is -0.400. The molecule has 0 atom stereocenters. The summed E-state index contributed by atoms with van der Waals surface area (Å²) in [6.45, 7) is 1.12. The molecule has 0 radical (unpaired) electrons. The summed E-state index contributed by atoms with van der Waals surface area (Å²) in [6, 6.07) is 0. The third-order valence-electron chi connectivity index (χ3n) is 3.80. The fraction of sp³-hybridized carbons (Fsp3) is 0.867. The van der Waals surface area contributed by atoms with Gasteiger partial charge in [-0.05, 0) is 0 Å². The zero-order valence-corrected chi connectivity index (χ0v) is 15.0. The number of hydrogen-bond acceptors (Lipinski definition) is 7. The second-order valence-corrected chi connectivity index (χ2v) is 5.87. The van der Waals surface area contributed by atoms with E-state index in [1.165, 1.54) is 0 Å². The van der Waals surface area contributed by atoms with Gasteiger partial charge in [0, 0.05) is 26.2 Å². The van der Waals surface area contributed by atoms with E-state index in [4.69, 9.17) is 14.6 Å². The number of amides is 1. The summed E-state index contributed by atoms with van der Waals surface area (Å²) in [4.78, 5) is 24.4. The molecule has 2 rings (SSSR count). The van der Waals surface area contributed by atoms with Crippen LogP contribution in [-0.2, 0) is 23.8 Å². The highest BCUT2D eigenvalue weighted by molar-refractivity contribution is 6.04. The molecule has 158 valence electrons. The lowest BCUT2D eigenvalue weighted by Crippen LogP contribution is -2.52. The number of esters is 1. The molecule has 1 amide bonds. The highest BCUT2D eigenvalue weighted by atomic mass is 19.3. The van der Waals surface area contributed by atoms with Crippen molar-refractivity contribution in [3.8, 4) is 0 Å². The van der Waals surface area contributed by atoms with Crippen LogP contribution in [0.15, 0.2) is 0 Å². The second kappa shape index (κ2) is 10.7.